The molecule has 1 heterocycles. The minimum atomic E-state index is 0.245. The van der Waals surface area contributed by atoms with Crippen LogP contribution in [0.25, 0.3) is 0 Å². The zero-order chi connectivity index (χ0) is 7.56. The van der Waals surface area contributed by atoms with Crippen molar-refractivity contribution < 1.29 is 9.84 Å². The standard InChI is InChI=1S/C8H16O2/c1-6-3-4-10-8(6)7(2)5-9/h6-9H,3-5H2,1-2H3/t6?,7-,8?/m1/s1. The number of aliphatic hydroxyl groups is 1. The molecule has 0 saturated carbocycles. The average molecular weight is 144 g/mol. The van der Waals surface area contributed by atoms with E-state index >= 15 is 0 Å². The minimum Gasteiger partial charge on any atom is -0.396 e. The molecule has 1 fully saturated rings. The van der Waals surface area contributed by atoms with Crippen molar-refractivity contribution in [3.05, 3.63) is 0 Å². The largest absolute Gasteiger partial charge is 0.396 e. The molecule has 2 heteroatoms. The van der Waals surface area contributed by atoms with Crippen molar-refractivity contribution in [3.8, 4) is 0 Å². The molecule has 1 saturated heterocycles. The maximum atomic E-state index is 8.83. The molecule has 0 spiro atoms. The Hall–Kier alpha value is -0.0800. The summed E-state index contributed by atoms with van der Waals surface area (Å²) in [5.41, 5.74) is 0. The lowest BCUT2D eigenvalue weighted by Crippen LogP contribution is -2.25. The summed E-state index contributed by atoms with van der Waals surface area (Å²) in [5, 5.41) is 8.83. The van der Waals surface area contributed by atoms with Crippen LogP contribution >= 0.6 is 0 Å². The molecule has 3 atom stereocenters. The summed E-state index contributed by atoms with van der Waals surface area (Å²) < 4.78 is 5.46. The first-order chi connectivity index (χ1) is 4.75. The van der Waals surface area contributed by atoms with E-state index in [1.165, 1.54) is 0 Å². The number of rotatable bonds is 2. The van der Waals surface area contributed by atoms with Gasteiger partial charge >= 0.3 is 0 Å². The van der Waals surface area contributed by atoms with Gasteiger partial charge in [0.25, 0.3) is 0 Å². The molecule has 10 heavy (non-hydrogen) atoms. The van der Waals surface area contributed by atoms with Crippen LogP contribution in [0.2, 0.25) is 0 Å². The smallest absolute Gasteiger partial charge is 0.0648 e. The molecule has 1 aliphatic heterocycles. The van der Waals surface area contributed by atoms with Crippen molar-refractivity contribution >= 4 is 0 Å². The van der Waals surface area contributed by atoms with E-state index in [-0.39, 0.29) is 6.61 Å². The summed E-state index contributed by atoms with van der Waals surface area (Å²) in [6.45, 7) is 5.33. The fraction of sp³-hybridized carbons (Fsp3) is 1.00. The molecule has 1 aliphatic rings. The van der Waals surface area contributed by atoms with Crippen LogP contribution in [-0.4, -0.2) is 24.4 Å². The molecule has 60 valence electrons. The van der Waals surface area contributed by atoms with E-state index in [9.17, 15) is 0 Å². The average Bonchev–Trinajstić information content (AvgIpc) is 2.34. The molecule has 1 N–H and O–H groups in total. The van der Waals surface area contributed by atoms with Crippen molar-refractivity contribution in [3.63, 3.8) is 0 Å². The highest BCUT2D eigenvalue weighted by Gasteiger charge is 2.28. The van der Waals surface area contributed by atoms with Crippen LogP contribution in [0.4, 0.5) is 0 Å². The van der Waals surface area contributed by atoms with Crippen LogP contribution in [0.5, 0.6) is 0 Å². The van der Waals surface area contributed by atoms with Gasteiger partial charge in [0.1, 0.15) is 0 Å². The fourth-order valence-corrected chi connectivity index (χ4v) is 1.55. The van der Waals surface area contributed by atoms with Gasteiger partial charge in [0.15, 0.2) is 0 Å². The molecule has 1 rings (SSSR count). The van der Waals surface area contributed by atoms with Gasteiger partial charge in [-0.05, 0) is 12.3 Å². The summed E-state index contributed by atoms with van der Waals surface area (Å²) >= 11 is 0. The third-order valence-electron chi connectivity index (χ3n) is 2.29. The Labute approximate surface area is 62.2 Å². The highest BCUT2D eigenvalue weighted by molar-refractivity contribution is 4.76. The predicted octanol–water partition coefficient (Wildman–Crippen LogP) is 1.04. The Kier molecular flexibility index (Phi) is 2.69. The van der Waals surface area contributed by atoms with E-state index in [1.807, 2.05) is 6.92 Å². The second kappa shape index (κ2) is 3.35. The summed E-state index contributed by atoms with van der Waals surface area (Å²) in [6.07, 6.45) is 1.44. The van der Waals surface area contributed by atoms with Gasteiger partial charge in [0, 0.05) is 19.1 Å². The Bertz CT molecular complexity index is 103. The number of hydrogen-bond donors (Lipinski definition) is 1. The third kappa shape index (κ3) is 1.50. The monoisotopic (exact) mass is 144 g/mol. The van der Waals surface area contributed by atoms with Crippen LogP contribution < -0.4 is 0 Å². The molecule has 0 aromatic carbocycles. The first kappa shape index (κ1) is 8.02. The Morgan fingerprint density at radius 1 is 1.70 bits per heavy atom. The first-order valence-electron chi connectivity index (χ1n) is 3.98. The molecule has 0 aliphatic carbocycles. The summed E-state index contributed by atoms with van der Waals surface area (Å²) in [4.78, 5) is 0. The van der Waals surface area contributed by atoms with Gasteiger partial charge in [0.2, 0.25) is 0 Å². The van der Waals surface area contributed by atoms with Crippen LogP contribution in [0.3, 0.4) is 0 Å². The van der Waals surface area contributed by atoms with Crippen molar-refractivity contribution in [1.29, 1.82) is 0 Å². The molecule has 0 aromatic heterocycles. The van der Waals surface area contributed by atoms with E-state index in [0.29, 0.717) is 17.9 Å². The van der Waals surface area contributed by atoms with Crippen LogP contribution in [0, 0.1) is 11.8 Å². The second-order valence-electron chi connectivity index (χ2n) is 3.26. The quantitative estimate of drug-likeness (QED) is 0.627. The predicted molar refractivity (Wildman–Crippen MR) is 39.8 cm³/mol. The zero-order valence-corrected chi connectivity index (χ0v) is 6.71. The SMILES string of the molecule is CC1CCOC1[C@H](C)CO. The molecule has 2 nitrogen and oxygen atoms in total. The molecule has 0 amide bonds. The molecule has 0 bridgehead atoms. The van der Waals surface area contributed by atoms with E-state index < -0.39 is 0 Å². The van der Waals surface area contributed by atoms with E-state index in [1.54, 1.807) is 0 Å². The maximum absolute atomic E-state index is 8.83. The minimum absolute atomic E-state index is 0.245. The Morgan fingerprint density at radius 3 is 2.80 bits per heavy atom. The van der Waals surface area contributed by atoms with Gasteiger partial charge in [-0.25, -0.2) is 0 Å². The lowest BCUT2D eigenvalue weighted by atomic mass is 9.94. The van der Waals surface area contributed by atoms with Gasteiger partial charge in [-0.2, -0.15) is 0 Å². The van der Waals surface area contributed by atoms with Crippen LogP contribution in [0.15, 0.2) is 0 Å². The van der Waals surface area contributed by atoms with Gasteiger partial charge in [-0.1, -0.05) is 13.8 Å². The normalized spacial score (nSPS) is 36.3. The zero-order valence-electron chi connectivity index (χ0n) is 6.71. The van der Waals surface area contributed by atoms with Gasteiger partial charge < -0.3 is 9.84 Å². The Morgan fingerprint density at radius 2 is 2.40 bits per heavy atom. The lowest BCUT2D eigenvalue weighted by Gasteiger charge is -2.19. The molecular formula is C8H16O2. The third-order valence-corrected chi connectivity index (χ3v) is 2.29. The van der Waals surface area contributed by atoms with Crippen LogP contribution in [0.1, 0.15) is 20.3 Å². The number of aliphatic hydroxyl groups excluding tert-OH is 1. The van der Waals surface area contributed by atoms with Crippen LogP contribution in [-0.2, 0) is 4.74 Å². The summed E-state index contributed by atoms with van der Waals surface area (Å²) in [5.74, 6) is 0.930. The summed E-state index contributed by atoms with van der Waals surface area (Å²) in [6, 6.07) is 0. The van der Waals surface area contributed by atoms with E-state index in [0.717, 1.165) is 13.0 Å². The topological polar surface area (TPSA) is 29.5 Å². The number of hydrogen-bond acceptors (Lipinski definition) is 2. The van der Waals surface area contributed by atoms with E-state index in [4.69, 9.17) is 9.84 Å². The number of ether oxygens (including phenoxy) is 1. The van der Waals surface area contributed by atoms with E-state index in [2.05, 4.69) is 6.92 Å². The maximum Gasteiger partial charge on any atom is 0.0648 e. The molecule has 2 unspecified atom stereocenters. The van der Waals surface area contributed by atoms with Crippen molar-refractivity contribution in [2.75, 3.05) is 13.2 Å². The first-order valence-corrected chi connectivity index (χ1v) is 3.98. The molecule has 0 aromatic rings. The molecular weight excluding hydrogens is 128 g/mol. The van der Waals surface area contributed by atoms with Crippen molar-refractivity contribution in [1.82, 2.24) is 0 Å². The second-order valence-corrected chi connectivity index (χ2v) is 3.26. The lowest BCUT2D eigenvalue weighted by molar-refractivity contribution is 0.0281. The van der Waals surface area contributed by atoms with Crippen molar-refractivity contribution in [2.45, 2.75) is 26.4 Å². The fourth-order valence-electron chi connectivity index (χ4n) is 1.55. The Balaban J connectivity index is 2.38. The summed E-state index contributed by atoms with van der Waals surface area (Å²) in [7, 11) is 0. The van der Waals surface area contributed by atoms with Crippen molar-refractivity contribution in [2.24, 2.45) is 11.8 Å². The molecule has 0 radical (unpaired) electrons. The highest BCUT2D eigenvalue weighted by atomic mass is 16.5. The highest BCUT2D eigenvalue weighted by Crippen LogP contribution is 2.25. The van der Waals surface area contributed by atoms with Gasteiger partial charge in [0.05, 0.1) is 6.10 Å². The van der Waals surface area contributed by atoms with Gasteiger partial charge in [-0.15, -0.1) is 0 Å². The van der Waals surface area contributed by atoms with Gasteiger partial charge in [-0.3, -0.25) is 0 Å².